The molecule has 8 nitrogen and oxygen atoms in total. The first-order valence-corrected chi connectivity index (χ1v) is 16.3. The molecular weight excluding hydrogens is 546 g/mol. The maximum absolute atomic E-state index is 14.5. The van der Waals surface area contributed by atoms with Gasteiger partial charge in [-0.3, -0.25) is 9.48 Å². The molecule has 3 aliphatic rings. The van der Waals surface area contributed by atoms with E-state index in [1.807, 2.05) is 47.5 Å². The Bertz CT molecular complexity index is 1280. The van der Waals surface area contributed by atoms with Crippen molar-refractivity contribution in [2.24, 2.45) is 11.3 Å². The van der Waals surface area contributed by atoms with Crippen LogP contribution in [0.3, 0.4) is 0 Å². The van der Waals surface area contributed by atoms with Gasteiger partial charge in [-0.2, -0.15) is 5.10 Å². The minimum Gasteiger partial charge on any atom is -0.367 e. The van der Waals surface area contributed by atoms with Crippen LogP contribution in [0.15, 0.2) is 55.2 Å². The van der Waals surface area contributed by atoms with E-state index in [-0.39, 0.29) is 17.2 Å². The molecule has 1 aromatic carbocycles. The highest BCUT2D eigenvalue weighted by molar-refractivity contribution is 6.30. The van der Waals surface area contributed by atoms with Crippen molar-refractivity contribution in [2.45, 2.75) is 82.7 Å². The Morgan fingerprint density at radius 3 is 2.52 bits per heavy atom. The highest BCUT2D eigenvalue weighted by Gasteiger charge is 2.44. The number of amides is 1. The molecule has 42 heavy (non-hydrogen) atoms. The second kappa shape index (κ2) is 13.6. The van der Waals surface area contributed by atoms with Crippen LogP contribution in [0.1, 0.15) is 74.8 Å². The fourth-order valence-corrected chi connectivity index (χ4v) is 7.73. The van der Waals surface area contributed by atoms with Crippen LogP contribution in [-0.4, -0.2) is 62.8 Å². The van der Waals surface area contributed by atoms with Crippen LogP contribution in [0.5, 0.6) is 0 Å². The predicted octanol–water partition coefficient (Wildman–Crippen LogP) is 5.71. The molecule has 3 fully saturated rings. The minimum absolute atomic E-state index is 0.159. The van der Waals surface area contributed by atoms with Crippen molar-refractivity contribution < 1.29 is 4.79 Å². The number of aromatic nitrogens is 4. The summed E-state index contributed by atoms with van der Waals surface area (Å²) in [7, 11) is 0. The van der Waals surface area contributed by atoms with Gasteiger partial charge in [-0.05, 0) is 93.1 Å². The molecular formula is C33H44ClN7O. The van der Waals surface area contributed by atoms with Gasteiger partial charge in [0.25, 0.3) is 0 Å². The summed E-state index contributed by atoms with van der Waals surface area (Å²) in [5.74, 6) is 1.40. The molecule has 1 atom stereocenters. The smallest absolute Gasteiger partial charge is 0.230 e. The van der Waals surface area contributed by atoms with E-state index < -0.39 is 0 Å². The van der Waals surface area contributed by atoms with Crippen molar-refractivity contribution in [3.63, 3.8) is 0 Å². The number of nitrogens with zero attached hydrogens (tertiary/aromatic N) is 5. The van der Waals surface area contributed by atoms with E-state index in [1.165, 1.54) is 32.1 Å². The zero-order chi connectivity index (χ0) is 28.8. The predicted molar refractivity (Wildman–Crippen MR) is 166 cm³/mol. The van der Waals surface area contributed by atoms with Gasteiger partial charge in [0.05, 0.1) is 5.92 Å². The van der Waals surface area contributed by atoms with Crippen LogP contribution in [0.25, 0.3) is 0 Å². The van der Waals surface area contributed by atoms with Crippen LogP contribution in [0.4, 0.5) is 5.82 Å². The maximum atomic E-state index is 14.5. The Hall–Kier alpha value is -2.97. The molecule has 1 amide bonds. The molecule has 224 valence electrons. The van der Waals surface area contributed by atoms with Gasteiger partial charge in [-0.1, -0.05) is 49.1 Å². The molecule has 0 radical (unpaired) electrons. The topological polar surface area (TPSA) is 88.0 Å². The van der Waals surface area contributed by atoms with E-state index in [9.17, 15) is 4.79 Å². The largest absolute Gasteiger partial charge is 0.367 e. The van der Waals surface area contributed by atoms with E-state index in [4.69, 9.17) is 16.6 Å². The zero-order valence-corrected chi connectivity index (χ0v) is 25.3. The van der Waals surface area contributed by atoms with E-state index in [0.29, 0.717) is 23.4 Å². The number of halogens is 1. The quantitative estimate of drug-likeness (QED) is 0.333. The van der Waals surface area contributed by atoms with Gasteiger partial charge in [0, 0.05) is 42.5 Å². The van der Waals surface area contributed by atoms with E-state index in [1.54, 1.807) is 6.33 Å². The fraction of sp³-hybridized carbons (Fsp3) is 0.576. The normalized spacial score (nSPS) is 20.7. The lowest BCUT2D eigenvalue weighted by molar-refractivity contribution is -0.136. The number of piperidine rings is 2. The summed E-state index contributed by atoms with van der Waals surface area (Å²) in [4.78, 5) is 25.6. The van der Waals surface area contributed by atoms with Crippen LogP contribution in [0.2, 0.25) is 5.02 Å². The first kappa shape index (κ1) is 29.1. The Balaban J connectivity index is 1.24. The van der Waals surface area contributed by atoms with Crippen molar-refractivity contribution in [1.82, 2.24) is 30.0 Å². The van der Waals surface area contributed by atoms with Gasteiger partial charge >= 0.3 is 0 Å². The first-order chi connectivity index (χ1) is 20.6. The van der Waals surface area contributed by atoms with Gasteiger partial charge in [0.1, 0.15) is 18.5 Å². The Labute approximate surface area is 254 Å². The Morgan fingerprint density at radius 2 is 1.81 bits per heavy atom. The van der Waals surface area contributed by atoms with Gasteiger partial charge in [0.2, 0.25) is 5.91 Å². The molecule has 2 aromatic heterocycles. The number of nitrogens with one attached hydrogen (secondary N) is 2. The zero-order valence-electron chi connectivity index (χ0n) is 24.6. The molecule has 6 rings (SSSR count). The standard InChI is InChI=1S/C33H44ClN7O/c34-27-10-8-25(9-11-27)21-30(29-7-4-16-37-31(29)39-28-12-17-35-18-13-28)32(42)40-19-14-33(15-20-40,22-41-24-36-23-38-41)26-5-2-1-3-6-26/h4,7-11,16,23-24,26,28,30,35H,1-3,5-6,12-15,17-22H2,(H,37,39)/t30-/m1/s1. The van der Waals surface area contributed by atoms with Gasteiger partial charge in [-0.25, -0.2) is 9.97 Å². The highest BCUT2D eigenvalue weighted by Crippen LogP contribution is 2.47. The maximum Gasteiger partial charge on any atom is 0.230 e. The molecule has 3 aromatic rings. The number of likely N-dealkylation sites (tertiary alicyclic amines) is 1. The monoisotopic (exact) mass is 589 g/mol. The van der Waals surface area contributed by atoms with Gasteiger partial charge in [0.15, 0.2) is 0 Å². The molecule has 1 aliphatic carbocycles. The molecule has 0 bridgehead atoms. The number of pyridine rings is 1. The molecule has 9 heteroatoms. The molecule has 0 spiro atoms. The molecule has 0 unspecified atom stereocenters. The summed E-state index contributed by atoms with van der Waals surface area (Å²) in [6.07, 6.45) is 16.6. The highest BCUT2D eigenvalue weighted by atomic mass is 35.5. The second-order valence-corrected chi connectivity index (χ2v) is 13.0. The summed E-state index contributed by atoms with van der Waals surface area (Å²) in [6, 6.07) is 12.3. The number of rotatable bonds is 9. The average Bonchev–Trinajstić information content (AvgIpc) is 3.55. The minimum atomic E-state index is -0.318. The summed E-state index contributed by atoms with van der Waals surface area (Å²) in [6.45, 7) is 4.44. The Kier molecular flexibility index (Phi) is 9.40. The number of anilines is 1. The van der Waals surface area contributed by atoms with Crippen molar-refractivity contribution in [2.75, 3.05) is 31.5 Å². The summed E-state index contributed by atoms with van der Waals surface area (Å²) in [5.41, 5.74) is 2.25. The van der Waals surface area contributed by atoms with E-state index in [2.05, 4.69) is 31.7 Å². The third-order valence-corrected chi connectivity index (χ3v) is 10.3. The molecule has 4 heterocycles. The van der Waals surface area contributed by atoms with Crippen LogP contribution in [-0.2, 0) is 17.8 Å². The molecule has 2 saturated heterocycles. The summed E-state index contributed by atoms with van der Waals surface area (Å²) < 4.78 is 2.02. The molecule has 2 N–H and O–H groups in total. The van der Waals surface area contributed by atoms with Crippen molar-refractivity contribution in [3.05, 3.63) is 71.4 Å². The van der Waals surface area contributed by atoms with E-state index >= 15 is 0 Å². The number of carbonyl (C=O) groups excluding carboxylic acids is 1. The van der Waals surface area contributed by atoms with Gasteiger partial charge < -0.3 is 15.5 Å². The van der Waals surface area contributed by atoms with E-state index in [0.717, 1.165) is 75.4 Å². The lowest BCUT2D eigenvalue weighted by Gasteiger charge is -2.48. The number of hydrogen-bond acceptors (Lipinski definition) is 6. The lowest BCUT2D eigenvalue weighted by atomic mass is 9.63. The van der Waals surface area contributed by atoms with Crippen molar-refractivity contribution >= 4 is 23.3 Å². The number of hydrogen-bond donors (Lipinski definition) is 2. The Morgan fingerprint density at radius 1 is 1.05 bits per heavy atom. The molecule has 2 aliphatic heterocycles. The number of carbonyl (C=O) groups is 1. The second-order valence-electron chi connectivity index (χ2n) is 12.6. The number of benzene rings is 1. The lowest BCUT2D eigenvalue weighted by Crippen LogP contribution is -2.49. The van der Waals surface area contributed by atoms with Crippen LogP contribution < -0.4 is 10.6 Å². The SMILES string of the molecule is O=C([C@H](Cc1ccc(Cl)cc1)c1cccnc1NC1CCNCC1)N1CCC(Cn2cncn2)(C2CCCCC2)CC1. The van der Waals surface area contributed by atoms with Crippen molar-refractivity contribution in [3.8, 4) is 0 Å². The third kappa shape index (κ3) is 6.81. The summed E-state index contributed by atoms with van der Waals surface area (Å²) in [5, 5.41) is 12.3. The van der Waals surface area contributed by atoms with Gasteiger partial charge in [-0.15, -0.1) is 0 Å². The average molecular weight is 590 g/mol. The third-order valence-electron chi connectivity index (χ3n) is 10.0. The molecule has 1 saturated carbocycles. The fourth-order valence-electron chi connectivity index (χ4n) is 7.61. The summed E-state index contributed by atoms with van der Waals surface area (Å²) >= 11 is 6.21. The van der Waals surface area contributed by atoms with Crippen LogP contribution in [0, 0.1) is 11.3 Å². The van der Waals surface area contributed by atoms with Crippen molar-refractivity contribution in [1.29, 1.82) is 0 Å². The van der Waals surface area contributed by atoms with Crippen LogP contribution >= 0.6 is 11.6 Å². The first-order valence-electron chi connectivity index (χ1n) is 15.9.